The van der Waals surface area contributed by atoms with Crippen molar-refractivity contribution in [2.75, 3.05) is 13.2 Å². The van der Waals surface area contributed by atoms with E-state index >= 15 is 0 Å². The van der Waals surface area contributed by atoms with Gasteiger partial charge in [-0.05, 0) is 62.8 Å². The van der Waals surface area contributed by atoms with Crippen molar-refractivity contribution in [3.8, 4) is 0 Å². The maximum Gasteiger partial charge on any atom is 0.0753 e. The zero-order valence-electron chi connectivity index (χ0n) is 14.6. The lowest BCUT2D eigenvalue weighted by molar-refractivity contribution is -0.0228. The molecule has 0 heterocycles. The maximum atomic E-state index is 6.12. The van der Waals surface area contributed by atoms with Crippen LogP contribution in [0.1, 0.15) is 67.2 Å². The fourth-order valence-electron chi connectivity index (χ4n) is 4.07. The molecule has 0 spiro atoms. The summed E-state index contributed by atoms with van der Waals surface area (Å²) in [5, 5.41) is 3.82. The van der Waals surface area contributed by atoms with Crippen LogP contribution in [0.15, 0.2) is 0 Å². The van der Waals surface area contributed by atoms with Gasteiger partial charge in [-0.3, -0.25) is 0 Å². The highest BCUT2D eigenvalue weighted by Gasteiger charge is 2.35. The summed E-state index contributed by atoms with van der Waals surface area (Å²) in [4.78, 5) is 0. The smallest absolute Gasteiger partial charge is 0.0753 e. The summed E-state index contributed by atoms with van der Waals surface area (Å²) in [5.74, 6) is 3.09. The van der Waals surface area contributed by atoms with E-state index in [0.29, 0.717) is 18.1 Å². The number of ether oxygens (including phenoxy) is 1. The number of hydrogen-bond acceptors (Lipinski definition) is 2. The second-order valence-electron chi connectivity index (χ2n) is 7.32. The summed E-state index contributed by atoms with van der Waals surface area (Å²) < 4.78 is 6.12. The number of hydrogen-bond donors (Lipinski definition) is 1. The quantitative estimate of drug-likeness (QED) is 0.709. The van der Waals surface area contributed by atoms with E-state index < -0.39 is 0 Å². The van der Waals surface area contributed by atoms with Crippen molar-refractivity contribution in [2.45, 2.75) is 79.4 Å². The minimum absolute atomic E-state index is 0.356. The van der Waals surface area contributed by atoms with Gasteiger partial charge in [0, 0.05) is 12.6 Å². The van der Waals surface area contributed by atoms with Gasteiger partial charge in [0.25, 0.3) is 0 Å². The average molecular weight is 284 g/mol. The topological polar surface area (TPSA) is 21.3 Å². The predicted molar refractivity (Wildman–Crippen MR) is 88.0 cm³/mol. The standard InChI is InChI=1S/C18H37NO/c1-7-9-19-17(18(13(3)4)20-8-2)16-11-14(5)10-15(6)12-16/h13-19H,7-12H2,1-6H3. The molecule has 4 unspecified atom stereocenters. The molecule has 0 aromatic heterocycles. The third kappa shape index (κ3) is 5.37. The van der Waals surface area contributed by atoms with Crippen LogP contribution in [0.5, 0.6) is 0 Å². The molecule has 0 aliphatic heterocycles. The Bertz CT molecular complexity index is 244. The molecule has 2 heteroatoms. The minimum Gasteiger partial charge on any atom is -0.377 e. The van der Waals surface area contributed by atoms with Gasteiger partial charge in [-0.1, -0.05) is 34.6 Å². The molecule has 120 valence electrons. The molecule has 2 nitrogen and oxygen atoms in total. The fraction of sp³-hybridized carbons (Fsp3) is 1.00. The van der Waals surface area contributed by atoms with Gasteiger partial charge in [-0.25, -0.2) is 0 Å². The lowest BCUT2D eigenvalue weighted by Crippen LogP contribution is -2.51. The van der Waals surface area contributed by atoms with Crippen LogP contribution in [0.4, 0.5) is 0 Å². The van der Waals surface area contributed by atoms with E-state index in [-0.39, 0.29) is 0 Å². The fourth-order valence-corrected chi connectivity index (χ4v) is 4.07. The zero-order chi connectivity index (χ0) is 15.1. The summed E-state index contributed by atoms with van der Waals surface area (Å²) in [6, 6.07) is 0.528. The van der Waals surface area contributed by atoms with Gasteiger partial charge >= 0.3 is 0 Å². The third-order valence-electron chi connectivity index (χ3n) is 4.72. The first-order valence-electron chi connectivity index (χ1n) is 8.84. The van der Waals surface area contributed by atoms with Gasteiger partial charge in [-0.15, -0.1) is 0 Å². The molecule has 0 saturated heterocycles. The van der Waals surface area contributed by atoms with Crippen LogP contribution in [-0.4, -0.2) is 25.3 Å². The van der Waals surface area contributed by atoms with Crippen molar-refractivity contribution in [2.24, 2.45) is 23.7 Å². The highest BCUT2D eigenvalue weighted by molar-refractivity contribution is 4.90. The lowest BCUT2D eigenvalue weighted by atomic mass is 9.71. The molecule has 1 N–H and O–H groups in total. The first-order valence-corrected chi connectivity index (χ1v) is 8.84. The van der Waals surface area contributed by atoms with Gasteiger partial charge < -0.3 is 10.1 Å². The molecule has 0 aromatic carbocycles. The molecule has 1 aliphatic carbocycles. The Morgan fingerprint density at radius 3 is 2.10 bits per heavy atom. The first kappa shape index (κ1) is 18.0. The third-order valence-corrected chi connectivity index (χ3v) is 4.72. The summed E-state index contributed by atoms with van der Waals surface area (Å²) >= 11 is 0. The second-order valence-corrected chi connectivity index (χ2v) is 7.32. The molecule has 0 aromatic rings. The summed E-state index contributed by atoms with van der Waals surface area (Å²) in [7, 11) is 0. The van der Waals surface area contributed by atoms with Gasteiger partial charge in [0.05, 0.1) is 6.10 Å². The molecule has 0 bridgehead atoms. The Balaban J connectivity index is 2.79. The van der Waals surface area contributed by atoms with Crippen molar-refractivity contribution in [3.63, 3.8) is 0 Å². The maximum absolute atomic E-state index is 6.12. The average Bonchev–Trinajstić information content (AvgIpc) is 2.36. The largest absolute Gasteiger partial charge is 0.377 e. The molecule has 20 heavy (non-hydrogen) atoms. The first-order chi connectivity index (χ1) is 9.49. The molecule has 1 aliphatic rings. The van der Waals surface area contributed by atoms with Crippen molar-refractivity contribution >= 4 is 0 Å². The molecular weight excluding hydrogens is 246 g/mol. The highest BCUT2D eigenvalue weighted by atomic mass is 16.5. The Hall–Kier alpha value is -0.0800. The lowest BCUT2D eigenvalue weighted by Gasteiger charge is -2.41. The van der Waals surface area contributed by atoms with Crippen LogP contribution in [-0.2, 0) is 4.74 Å². The van der Waals surface area contributed by atoms with Crippen molar-refractivity contribution in [3.05, 3.63) is 0 Å². The van der Waals surface area contributed by atoms with E-state index in [9.17, 15) is 0 Å². The second kappa shape index (κ2) is 9.04. The molecule has 0 amide bonds. The van der Waals surface area contributed by atoms with E-state index in [1.54, 1.807) is 0 Å². The van der Waals surface area contributed by atoms with Crippen molar-refractivity contribution in [1.82, 2.24) is 5.32 Å². The number of rotatable bonds is 8. The van der Waals surface area contributed by atoms with Crippen molar-refractivity contribution < 1.29 is 4.74 Å². The van der Waals surface area contributed by atoms with Crippen LogP contribution >= 0.6 is 0 Å². The Morgan fingerprint density at radius 1 is 1.05 bits per heavy atom. The van der Waals surface area contributed by atoms with Gasteiger partial charge in [0.2, 0.25) is 0 Å². The van der Waals surface area contributed by atoms with Gasteiger partial charge in [0.15, 0.2) is 0 Å². The number of nitrogens with one attached hydrogen (secondary N) is 1. The highest BCUT2D eigenvalue weighted by Crippen LogP contribution is 2.36. The Kier molecular flexibility index (Phi) is 8.13. The zero-order valence-corrected chi connectivity index (χ0v) is 14.6. The van der Waals surface area contributed by atoms with E-state index in [0.717, 1.165) is 30.9 Å². The summed E-state index contributed by atoms with van der Waals surface area (Å²) in [6.45, 7) is 15.8. The molecule has 0 radical (unpaired) electrons. The van der Waals surface area contributed by atoms with Gasteiger partial charge in [0.1, 0.15) is 0 Å². The SMILES string of the molecule is CCCNC(C1CC(C)CC(C)C1)C(OCC)C(C)C. The minimum atomic E-state index is 0.356. The Labute approximate surface area is 127 Å². The van der Waals surface area contributed by atoms with E-state index in [4.69, 9.17) is 4.74 Å². The predicted octanol–water partition coefficient (Wildman–Crippen LogP) is 4.49. The monoisotopic (exact) mass is 283 g/mol. The van der Waals surface area contributed by atoms with E-state index in [1.807, 2.05) is 0 Å². The van der Waals surface area contributed by atoms with E-state index in [1.165, 1.54) is 25.7 Å². The van der Waals surface area contributed by atoms with Crippen molar-refractivity contribution in [1.29, 1.82) is 0 Å². The van der Waals surface area contributed by atoms with E-state index in [2.05, 4.69) is 46.9 Å². The van der Waals surface area contributed by atoms with Crippen LogP contribution < -0.4 is 5.32 Å². The Morgan fingerprint density at radius 2 is 1.65 bits per heavy atom. The molecule has 1 rings (SSSR count). The van der Waals surface area contributed by atoms with Crippen LogP contribution in [0.25, 0.3) is 0 Å². The molecular formula is C18H37NO. The molecule has 4 atom stereocenters. The molecule has 1 fully saturated rings. The van der Waals surface area contributed by atoms with Crippen LogP contribution in [0.2, 0.25) is 0 Å². The normalized spacial score (nSPS) is 30.4. The summed E-state index contributed by atoms with van der Waals surface area (Å²) in [5.41, 5.74) is 0. The van der Waals surface area contributed by atoms with Crippen LogP contribution in [0, 0.1) is 23.7 Å². The summed E-state index contributed by atoms with van der Waals surface area (Å²) in [6.07, 6.45) is 5.68. The van der Waals surface area contributed by atoms with Gasteiger partial charge in [-0.2, -0.15) is 0 Å². The van der Waals surface area contributed by atoms with Crippen LogP contribution in [0.3, 0.4) is 0 Å². The molecule has 1 saturated carbocycles.